The molecule has 4 rings (SSSR count). The van der Waals surface area contributed by atoms with Gasteiger partial charge in [-0.3, -0.25) is 0 Å². The van der Waals surface area contributed by atoms with Crippen LogP contribution in [0.3, 0.4) is 0 Å². The summed E-state index contributed by atoms with van der Waals surface area (Å²) in [5.74, 6) is 3.28. The van der Waals surface area contributed by atoms with Gasteiger partial charge in [0.15, 0.2) is 23.0 Å². The van der Waals surface area contributed by atoms with Crippen molar-refractivity contribution in [2.75, 3.05) is 28.4 Å². The minimum absolute atomic E-state index is 0.195. The van der Waals surface area contributed by atoms with E-state index in [1.54, 1.807) is 28.4 Å². The molecule has 0 saturated heterocycles. The van der Waals surface area contributed by atoms with E-state index in [0.717, 1.165) is 29.7 Å². The summed E-state index contributed by atoms with van der Waals surface area (Å²) < 4.78 is 29.1. The van der Waals surface area contributed by atoms with Gasteiger partial charge in [0.2, 0.25) is 0 Å². The van der Waals surface area contributed by atoms with Crippen molar-refractivity contribution in [3.8, 4) is 23.0 Å². The molecule has 0 aromatic heterocycles. The quantitative estimate of drug-likeness (QED) is 0.736. The predicted octanol–water partition coefficient (Wildman–Crippen LogP) is 4.87. The van der Waals surface area contributed by atoms with Crippen LogP contribution in [-0.2, 0) is 4.74 Å². The zero-order valence-corrected chi connectivity index (χ0v) is 17.0. The average molecular weight is 384 g/mol. The molecule has 3 atom stereocenters. The molecule has 5 nitrogen and oxygen atoms in total. The van der Waals surface area contributed by atoms with E-state index in [1.807, 2.05) is 12.1 Å². The standard InChI is InChI=1S/C23H28O5/c1-24-19-11-7-9-15(23(19)27-4)22-17-13-21(26-3)20(25-2)12-16(17)14-8-5-6-10-18(14)28-22/h7,9,11-14,18,22H,5-6,8,10H2,1-4H3/t14-,18-,22+/m0/s1. The zero-order valence-electron chi connectivity index (χ0n) is 17.0. The Balaban J connectivity index is 1.90. The molecule has 1 aliphatic carbocycles. The highest BCUT2D eigenvalue weighted by molar-refractivity contribution is 5.56. The summed E-state index contributed by atoms with van der Waals surface area (Å²) in [5, 5.41) is 0. The molecule has 0 N–H and O–H groups in total. The van der Waals surface area contributed by atoms with Gasteiger partial charge in [-0.2, -0.15) is 0 Å². The van der Waals surface area contributed by atoms with Crippen molar-refractivity contribution in [1.82, 2.24) is 0 Å². The molecule has 1 saturated carbocycles. The molecule has 2 aromatic carbocycles. The Morgan fingerprint density at radius 2 is 1.43 bits per heavy atom. The van der Waals surface area contributed by atoms with E-state index in [2.05, 4.69) is 18.2 Å². The fraction of sp³-hybridized carbons (Fsp3) is 0.478. The first-order valence-electron chi connectivity index (χ1n) is 9.84. The number of hydrogen-bond donors (Lipinski definition) is 0. The van der Waals surface area contributed by atoms with Crippen molar-refractivity contribution < 1.29 is 23.7 Å². The molecule has 1 aliphatic heterocycles. The fourth-order valence-electron chi connectivity index (χ4n) is 4.68. The van der Waals surface area contributed by atoms with Gasteiger partial charge in [-0.05, 0) is 42.2 Å². The molecule has 1 heterocycles. The maximum Gasteiger partial charge on any atom is 0.166 e. The summed E-state index contributed by atoms with van der Waals surface area (Å²) in [4.78, 5) is 0. The monoisotopic (exact) mass is 384 g/mol. The van der Waals surface area contributed by atoms with Crippen LogP contribution in [0.2, 0.25) is 0 Å². The van der Waals surface area contributed by atoms with Gasteiger partial charge in [-0.25, -0.2) is 0 Å². The SMILES string of the molecule is COc1cc2c(cc1OC)[C@@H]1CCCC[C@@H]1O[C@@H]2c1cccc(OC)c1OC. The number of hydrogen-bond acceptors (Lipinski definition) is 5. The molecule has 28 heavy (non-hydrogen) atoms. The smallest absolute Gasteiger partial charge is 0.166 e. The maximum atomic E-state index is 6.69. The first kappa shape index (κ1) is 18.9. The summed E-state index contributed by atoms with van der Waals surface area (Å²) in [5.41, 5.74) is 3.38. The first-order chi connectivity index (χ1) is 13.7. The second kappa shape index (κ2) is 7.92. The van der Waals surface area contributed by atoms with E-state index < -0.39 is 0 Å². The Bertz CT molecular complexity index is 847. The zero-order chi connectivity index (χ0) is 19.7. The van der Waals surface area contributed by atoms with Gasteiger partial charge in [0.1, 0.15) is 6.10 Å². The third kappa shape index (κ3) is 3.08. The minimum atomic E-state index is -0.237. The van der Waals surface area contributed by atoms with Gasteiger partial charge in [0.25, 0.3) is 0 Å². The Morgan fingerprint density at radius 3 is 2.11 bits per heavy atom. The summed E-state index contributed by atoms with van der Waals surface area (Å²) in [7, 11) is 6.68. The lowest BCUT2D eigenvalue weighted by molar-refractivity contribution is -0.0399. The summed E-state index contributed by atoms with van der Waals surface area (Å²) >= 11 is 0. The van der Waals surface area contributed by atoms with Crippen molar-refractivity contribution in [2.45, 2.75) is 43.8 Å². The molecule has 0 bridgehead atoms. The second-order valence-corrected chi connectivity index (χ2v) is 7.36. The van der Waals surface area contributed by atoms with E-state index in [4.69, 9.17) is 23.7 Å². The Kier molecular flexibility index (Phi) is 5.36. The van der Waals surface area contributed by atoms with E-state index in [1.165, 1.54) is 18.4 Å². The predicted molar refractivity (Wildman–Crippen MR) is 107 cm³/mol. The second-order valence-electron chi connectivity index (χ2n) is 7.36. The van der Waals surface area contributed by atoms with Crippen LogP contribution in [0.15, 0.2) is 30.3 Å². The highest BCUT2D eigenvalue weighted by Crippen LogP contribution is 2.51. The molecule has 5 heteroatoms. The highest BCUT2D eigenvalue weighted by Gasteiger charge is 2.40. The Labute approximate surface area is 166 Å². The van der Waals surface area contributed by atoms with Gasteiger partial charge in [0.05, 0.1) is 34.5 Å². The molecule has 0 radical (unpaired) electrons. The topological polar surface area (TPSA) is 46.2 Å². The van der Waals surface area contributed by atoms with Gasteiger partial charge in [-0.15, -0.1) is 0 Å². The summed E-state index contributed by atoms with van der Waals surface area (Å²) in [6, 6.07) is 10.1. The van der Waals surface area contributed by atoms with Crippen LogP contribution in [0, 0.1) is 0 Å². The maximum absolute atomic E-state index is 6.69. The molecule has 0 amide bonds. The average Bonchev–Trinajstić information content (AvgIpc) is 2.76. The van der Waals surface area contributed by atoms with Gasteiger partial charge >= 0.3 is 0 Å². The number of ether oxygens (including phenoxy) is 5. The van der Waals surface area contributed by atoms with Crippen molar-refractivity contribution in [2.24, 2.45) is 0 Å². The van der Waals surface area contributed by atoms with E-state index in [0.29, 0.717) is 23.2 Å². The summed E-state index contributed by atoms with van der Waals surface area (Å²) in [6.45, 7) is 0. The van der Waals surface area contributed by atoms with Crippen molar-refractivity contribution in [1.29, 1.82) is 0 Å². The largest absolute Gasteiger partial charge is 0.493 e. The van der Waals surface area contributed by atoms with Crippen molar-refractivity contribution in [3.05, 3.63) is 47.0 Å². The van der Waals surface area contributed by atoms with Crippen molar-refractivity contribution >= 4 is 0 Å². The molecular formula is C23H28O5. The Morgan fingerprint density at radius 1 is 0.750 bits per heavy atom. The van der Waals surface area contributed by atoms with E-state index in [9.17, 15) is 0 Å². The first-order valence-corrected chi connectivity index (χ1v) is 9.84. The molecule has 2 aromatic rings. The molecular weight excluding hydrogens is 356 g/mol. The third-order valence-corrected chi connectivity index (χ3v) is 6.00. The lowest BCUT2D eigenvalue weighted by Gasteiger charge is -2.42. The van der Waals surface area contributed by atoms with Gasteiger partial charge < -0.3 is 23.7 Å². The van der Waals surface area contributed by atoms with Crippen molar-refractivity contribution in [3.63, 3.8) is 0 Å². The van der Waals surface area contributed by atoms with Gasteiger partial charge in [-0.1, -0.05) is 25.0 Å². The van der Waals surface area contributed by atoms with Crippen LogP contribution in [0.5, 0.6) is 23.0 Å². The number of methoxy groups -OCH3 is 4. The van der Waals surface area contributed by atoms with Crippen LogP contribution in [-0.4, -0.2) is 34.5 Å². The normalized spacial score (nSPS) is 23.4. The molecule has 1 fully saturated rings. The van der Waals surface area contributed by atoms with E-state index in [-0.39, 0.29) is 12.2 Å². The number of para-hydroxylation sites is 1. The number of benzene rings is 2. The van der Waals surface area contributed by atoms with Gasteiger partial charge in [0, 0.05) is 11.5 Å². The summed E-state index contributed by atoms with van der Waals surface area (Å²) in [6.07, 6.45) is 4.59. The molecule has 2 aliphatic rings. The third-order valence-electron chi connectivity index (χ3n) is 6.00. The Hall–Kier alpha value is -2.40. The van der Waals surface area contributed by atoms with E-state index >= 15 is 0 Å². The van der Waals surface area contributed by atoms with Crippen LogP contribution in [0.4, 0.5) is 0 Å². The number of rotatable bonds is 5. The fourth-order valence-corrected chi connectivity index (χ4v) is 4.68. The molecule has 0 spiro atoms. The molecule has 150 valence electrons. The van der Waals surface area contributed by atoms with Crippen LogP contribution >= 0.6 is 0 Å². The lowest BCUT2D eigenvalue weighted by Crippen LogP contribution is -2.34. The number of fused-ring (bicyclic) bond motifs is 3. The van der Waals surface area contributed by atoms with Crippen LogP contribution in [0.25, 0.3) is 0 Å². The van der Waals surface area contributed by atoms with Crippen LogP contribution in [0.1, 0.15) is 54.4 Å². The minimum Gasteiger partial charge on any atom is -0.493 e. The molecule has 0 unspecified atom stereocenters. The lowest BCUT2D eigenvalue weighted by atomic mass is 9.75. The van der Waals surface area contributed by atoms with Crippen LogP contribution < -0.4 is 18.9 Å². The highest BCUT2D eigenvalue weighted by atomic mass is 16.5.